The second-order valence-electron chi connectivity index (χ2n) is 5.27. The Labute approximate surface area is 81.6 Å². The molecule has 0 unspecified atom stereocenters. The van der Waals surface area contributed by atoms with E-state index in [4.69, 9.17) is 0 Å². The van der Waals surface area contributed by atoms with Crippen molar-refractivity contribution in [3.63, 3.8) is 0 Å². The summed E-state index contributed by atoms with van der Waals surface area (Å²) in [5, 5.41) is 3.62. The van der Waals surface area contributed by atoms with Gasteiger partial charge in [-0.15, -0.1) is 0 Å². The van der Waals surface area contributed by atoms with Gasteiger partial charge in [0, 0.05) is 17.7 Å². The molecule has 2 aliphatic rings. The molecule has 1 spiro atoms. The second-order valence-corrected chi connectivity index (χ2v) is 5.27. The van der Waals surface area contributed by atoms with E-state index in [-0.39, 0.29) is 0 Å². The zero-order chi connectivity index (χ0) is 9.64. The second kappa shape index (κ2) is 2.76. The molecular formula is C12H21N. The van der Waals surface area contributed by atoms with Crippen molar-refractivity contribution in [2.24, 2.45) is 17.3 Å². The zero-order valence-corrected chi connectivity index (χ0v) is 9.28. The maximum atomic E-state index is 3.62. The van der Waals surface area contributed by atoms with Crippen molar-refractivity contribution >= 4 is 0 Å². The van der Waals surface area contributed by atoms with Crippen LogP contribution in [0.2, 0.25) is 0 Å². The van der Waals surface area contributed by atoms with Gasteiger partial charge in [-0.05, 0) is 30.3 Å². The summed E-state index contributed by atoms with van der Waals surface area (Å²) in [6, 6.07) is 0. The highest BCUT2D eigenvalue weighted by Crippen LogP contribution is 2.57. The number of nitrogens with one attached hydrogen (secondary N) is 1. The third kappa shape index (κ3) is 1.29. The van der Waals surface area contributed by atoms with Gasteiger partial charge in [-0.25, -0.2) is 0 Å². The summed E-state index contributed by atoms with van der Waals surface area (Å²) in [5.41, 5.74) is 3.89. The lowest BCUT2D eigenvalue weighted by Gasteiger charge is -2.17. The maximum Gasteiger partial charge on any atom is 0.0238 e. The third-order valence-corrected chi connectivity index (χ3v) is 3.49. The van der Waals surface area contributed by atoms with Gasteiger partial charge in [0.05, 0.1) is 0 Å². The summed E-state index contributed by atoms with van der Waals surface area (Å²) in [7, 11) is 0. The molecule has 2 rings (SSSR count). The highest BCUT2D eigenvalue weighted by Gasteiger charge is 2.51. The molecule has 0 aromatic carbocycles. The van der Waals surface area contributed by atoms with Crippen molar-refractivity contribution in [2.75, 3.05) is 6.54 Å². The minimum Gasteiger partial charge on any atom is -0.387 e. The van der Waals surface area contributed by atoms with Gasteiger partial charge >= 0.3 is 0 Å². The number of hydrogen-bond acceptors (Lipinski definition) is 1. The normalized spacial score (nSPS) is 24.8. The van der Waals surface area contributed by atoms with Gasteiger partial charge in [-0.1, -0.05) is 27.7 Å². The standard InChI is InChI=1S/C12H21N/c1-8(2)10-11(9(3)4)13-7-12(10)5-6-12/h8-9,13H,5-7H2,1-4H3. The van der Waals surface area contributed by atoms with Gasteiger partial charge in [-0.3, -0.25) is 0 Å². The first kappa shape index (κ1) is 9.11. The molecule has 0 saturated heterocycles. The van der Waals surface area contributed by atoms with Gasteiger partial charge in [0.15, 0.2) is 0 Å². The molecule has 1 aliphatic heterocycles. The Morgan fingerprint density at radius 3 is 2.08 bits per heavy atom. The van der Waals surface area contributed by atoms with Crippen LogP contribution in [0.3, 0.4) is 0 Å². The minimum atomic E-state index is 0.605. The van der Waals surface area contributed by atoms with Gasteiger partial charge in [-0.2, -0.15) is 0 Å². The predicted octanol–water partition coefficient (Wildman–Crippen LogP) is 2.94. The van der Waals surface area contributed by atoms with Crippen molar-refractivity contribution < 1.29 is 0 Å². The minimum absolute atomic E-state index is 0.605. The van der Waals surface area contributed by atoms with Crippen molar-refractivity contribution in [1.82, 2.24) is 5.32 Å². The predicted molar refractivity (Wildman–Crippen MR) is 56.4 cm³/mol. The summed E-state index contributed by atoms with van der Waals surface area (Å²) in [4.78, 5) is 0. The Morgan fingerprint density at radius 1 is 1.08 bits per heavy atom. The van der Waals surface area contributed by atoms with Crippen LogP contribution < -0.4 is 5.32 Å². The highest BCUT2D eigenvalue weighted by molar-refractivity contribution is 5.35. The Hall–Kier alpha value is -0.460. The van der Waals surface area contributed by atoms with E-state index in [0.717, 1.165) is 5.92 Å². The molecule has 1 nitrogen and oxygen atoms in total. The van der Waals surface area contributed by atoms with Gasteiger partial charge < -0.3 is 5.32 Å². The van der Waals surface area contributed by atoms with Crippen molar-refractivity contribution in [2.45, 2.75) is 40.5 Å². The molecule has 1 N–H and O–H groups in total. The van der Waals surface area contributed by atoms with Gasteiger partial charge in [0.25, 0.3) is 0 Å². The quantitative estimate of drug-likeness (QED) is 0.687. The average Bonchev–Trinajstić information content (AvgIpc) is 2.61. The van der Waals surface area contributed by atoms with Crippen LogP contribution >= 0.6 is 0 Å². The van der Waals surface area contributed by atoms with Crippen LogP contribution in [0.15, 0.2) is 11.3 Å². The van der Waals surface area contributed by atoms with Crippen LogP contribution in [0.25, 0.3) is 0 Å². The fraction of sp³-hybridized carbons (Fsp3) is 0.833. The molecule has 0 aromatic heterocycles. The third-order valence-electron chi connectivity index (χ3n) is 3.49. The first-order valence-corrected chi connectivity index (χ1v) is 5.55. The van der Waals surface area contributed by atoms with E-state index in [0.29, 0.717) is 11.3 Å². The molecule has 0 amide bonds. The number of allylic oxidation sites excluding steroid dienone is 1. The Morgan fingerprint density at radius 2 is 1.69 bits per heavy atom. The summed E-state index contributed by atoms with van der Waals surface area (Å²) in [5.74, 6) is 1.41. The van der Waals surface area contributed by atoms with Crippen LogP contribution in [-0.2, 0) is 0 Å². The number of hydrogen-bond donors (Lipinski definition) is 1. The lowest BCUT2D eigenvalue weighted by atomic mass is 9.86. The van der Waals surface area contributed by atoms with Crippen LogP contribution in [0.5, 0.6) is 0 Å². The molecule has 0 radical (unpaired) electrons. The van der Waals surface area contributed by atoms with Crippen molar-refractivity contribution in [3.05, 3.63) is 11.3 Å². The molecule has 1 heteroatoms. The topological polar surface area (TPSA) is 12.0 Å². The maximum absolute atomic E-state index is 3.62. The van der Waals surface area contributed by atoms with Crippen molar-refractivity contribution in [1.29, 1.82) is 0 Å². The number of rotatable bonds is 2. The lowest BCUT2D eigenvalue weighted by molar-refractivity contribution is 0.558. The monoisotopic (exact) mass is 179 g/mol. The molecule has 1 aliphatic carbocycles. The summed E-state index contributed by atoms with van der Waals surface area (Å²) in [6.45, 7) is 10.5. The van der Waals surface area contributed by atoms with E-state index in [2.05, 4.69) is 33.0 Å². The summed E-state index contributed by atoms with van der Waals surface area (Å²) in [6.07, 6.45) is 2.84. The molecule has 0 aromatic rings. The largest absolute Gasteiger partial charge is 0.387 e. The van der Waals surface area contributed by atoms with E-state index in [1.54, 1.807) is 11.3 Å². The zero-order valence-electron chi connectivity index (χ0n) is 9.28. The van der Waals surface area contributed by atoms with E-state index < -0.39 is 0 Å². The molecule has 0 atom stereocenters. The van der Waals surface area contributed by atoms with Gasteiger partial charge in [0.1, 0.15) is 0 Å². The first-order chi connectivity index (χ1) is 6.07. The van der Waals surface area contributed by atoms with E-state index in [9.17, 15) is 0 Å². The summed E-state index contributed by atoms with van der Waals surface area (Å²) >= 11 is 0. The molecule has 0 bridgehead atoms. The van der Waals surface area contributed by atoms with Gasteiger partial charge in [0.2, 0.25) is 0 Å². The van der Waals surface area contributed by atoms with Crippen molar-refractivity contribution in [3.8, 4) is 0 Å². The fourth-order valence-corrected chi connectivity index (χ4v) is 2.78. The Bertz CT molecular complexity index is 244. The molecule has 13 heavy (non-hydrogen) atoms. The smallest absolute Gasteiger partial charge is 0.0238 e. The van der Waals surface area contributed by atoms with Crippen LogP contribution in [0, 0.1) is 17.3 Å². The molecule has 1 heterocycles. The van der Waals surface area contributed by atoms with Crippen LogP contribution in [0.4, 0.5) is 0 Å². The fourth-order valence-electron chi connectivity index (χ4n) is 2.78. The molecule has 1 fully saturated rings. The van der Waals surface area contributed by atoms with Crippen LogP contribution in [-0.4, -0.2) is 6.54 Å². The van der Waals surface area contributed by atoms with E-state index in [1.807, 2.05) is 0 Å². The van der Waals surface area contributed by atoms with E-state index >= 15 is 0 Å². The van der Waals surface area contributed by atoms with E-state index in [1.165, 1.54) is 19.4 Å². The molecule has 74 valence electrons. The molecular weight excluding hydrogens is 158 g/mol. The Balaban J connectivity index is 2.33. The highest BCUT2D eigenvalue weighted by atomic mass is 15.0. The SMILES string of the molecule is CC(C)C1=C(C(C)C)C2(CC2)CN1. The van der Waals surface area contributed by atoms with Crippen LogP contribution in [0.1, 0.15) is 40.5 Å². The average molecular weight is 179 g/mol. The first-order valence-electron chi connectivity index (χ1n) is 5.55. The Kier molecular flexibility index (Phi) is 1.94. The summed E-state index contributed by atoms with van der Waals surface area (Å²) < 4.78 is 0. The lowest BCUT2D eigenvalue weighted by Crippen LogP contribution is -2.15. The molecule has 1 saturated carbocycles.